The van der Waals surface area contributed by atoms with Crippen molar-refractivity contribution in [1.29, 1.82) is 0 Å². The van der Waals surface area contributed by atoms with Gasteiger partial charge in [0, 0.05) is 26.6 Å². The third-order valence-electron chi connectivity index (χ3n) is 3.74. The summed E-state index contributed by atoms with van der Waals surface area (Å²) in [5.74, 6) is 0. The first-order chi connectivity index (χ1) is 9.15. The van der Waals surface area contributed by atoms with Gasteiger partial charge in [0.2, 0.25) is 0 Å². The van der Waals surface area contributed by atoms with Crippen LogP contribution in [0, 0.1) is 6.92 Å². The number of benzene rings is 1. The van der Waals surface area contributed by atoms with Gasteiger partial charge in [-0.3, -0.25) is 4.40 Å². The predicted molar refractivity (Wildman–Crippen MR) is 83.6 cm³/mol. The average molecular weight is 378 g/mol. The molecule has 19 heavy (non-hydrogen) atoms. The van der Waals surface area contributed by atoms with Crippen molar-refractivity contribution in [3.8, 4) is 11.3 Å². The van der Waals surface area contributed by atoms with Crippen molar-refractivity contribution in [2.24, 2.45) is 0 Å². The maximum Gasteiger partial charge on any atom is 0.137 e. The van der Waals surface area contributed by atoms with Gasteiger partial charge in [0.05, 0.1) is 11.4 Å². The molecule has 0 spiro atoms. The van der Waals surface area contributed by atoms with E-state index in [1.165, 1.54) is 22.5 Å². The van der Waals surface area contributed by atoms with E-state index in [2.05, 4.69) is 73.5 Å². The molecule has 0 aliphatic heterocycles. The van der Waals surface area contributed by atoms with Crippen LogP contribution in [-0.2, 0) is 6.42 Å². The third-order valence-corrected chi connectivity index (χ3v) is 5.07. The van der Waals surface area contributed by atoms with Crippen LogP contribution in [0.5, 0.6) is 0 Å². The van der Waals surface area contributed by atoms with Gasteiger partial charge in [-0.15, -0.1) is 0 Å². The Kier molecular flexibility index (Phi) is 2.42. The van der Waals surface area contributed by atoms with Gasteiger partial charge in [0.25, 0.3) is 0 Å². The minimum Gasteiger partial charge on any atom is -0.299 e. The minimum absolute atomic E-state index is 0.947. The molecular formula is C15H10Br2N2. The number of hydrogen-bond donors (Lipinski definition) is 0. The van der Waals surface area contributed by atoms with Crippen molar-refractivity contribution in [1.82, 2.24) is 9.38 Å². The molecule has 3 aromatic rings. The molecule has 0 radical (unpaired) electrons. The van der Waals surface area contributed by atoms with Crippen molar-refractivity contribution in [3.05, 3.63) is 56.2 Å². The summed E-state index contributed by atoms with van der Waals surface area (Å²) >= 11 is 7.14. The van der Waals surface area contributed by atoms with E-state index in [9.17, 15) is 0 Å². The van der Waals surface area contributed by atoms with Crippen molar-refractivity contribution in [3.63, 3.8) is 0 Å². The zero-order chi connectivity index (χ0) is 13.1. The highest BCUT2D eigenvalue weighted by Crippen LogP contribution is 2.38. The van der Waals surface area contributed by atoms with Gasteiger partial charge < -0.3 is 0 Å². The van der Waals surface area contributed by atoms with Gasteiger partial charge in [-0.05, 0) is 52.7 Å². The van der Waals surface area contributed by atoms with Crippen molar-refractivity contribution in [2.75, 3.05) is 0 Å². The molecule has 0 saturated heterocycles. The largest absolute Gasteiger partial charge is 0.299 e. The van der Waals surface area contributed by atoms with Crippen molar-refractivity contribution in [2.45, 2.75) is 13.3 Å². The summed E-state index contributed by atoms with van der Waals surface area (Å²) in [6, 6.07) is 10.6. The number of halogens is 2. The van der Waals surface area contributed by atoms with Crippen LogP contribution in [-0.4, -0.2) is 9.38 Å². The Balaban J connectivity index is 2.08. The highest BCUT2D eigenvalue weighted by atomic mass is 79.9. The fourth-order valence-corrected chi connectivity index (χ4v) is 3.55. The Bertz CT molecular complexity index is 834. The Morgan fingerprint density at radius 1 is 1.16 bits per heavy atom. The summed E-state index contributed by atoms with van der Waals surface area (Å²) in [4.78, 5) is 4.79. The monoisotopic (exact) mass is 376 g/mol. The van der Waals surface area contributed by atoms with E-state index in [0.717, 1.165) is 26.7 Å². The summed E-state index contributed by atoms with van der Waals surface area (Å²) in [5.41, 5.74) is 7.26. The normalized spacial score (nSPS) is 12.8. The third kappa shape index (κ3) is 1.56. The second kappa shape index (κ2) is 3.93. The molecule has 2 aromatic heterocycles. The number of pyridine rings is 1. The topological polar surface area (TPSA) is 17.3 Å². The predicted octanol–water partition coefficient (Wildman–Crippen LogP) is 4.74. The number of imidazole rings is 1. The van der Waals surface area contributed by atoms with E-state index >= 15 is 0 Å². The summed E-state index contributed by atoms with van der Waals surface area (Å²) in [6.45, 7) is 2.12. The number of nitrogens with zero attached hydrogens (tertiary/aromatic N) is 2. The summed E-state index contributed by atoms with van der Waals surface area (Å²) in [5, 5.41) is 0. The van der Waals surface area contributed by atoms with Crippen molar-refractivity contribution >= 4 is 37.5 Å². The molecule has 0 saturated carbocycles. The van der Waals surface area contributed by atoms with Gasteiger partial charge in [-0.25, -0.2) is 4.98 Å². The van der Waals surface area contributed by atoms with Crippen LogP contribution in [0.15, 0.2) is 39.3 Å². The molecule has 0 unspecified atom stereocenters. The molecule has 1 aliphatic rings. The van der Waals surface area contributed by atoms with Gasteiger partial charge in [0.15, 0.2) is 0 Å². The zero-order valence-corrected chi connectivity index (χ0v) is 13.4. The first kappa shape index (κ1) is 11.7. The number of rotatable bonds is 0. The van der Waals surface area contributed by atoms with E-state index < -0.39 is 0 Å². The maximum absolute atomic E-state index is 4.79. The number of fused-ring (bicyclic) bond motifs is 5. The minimum atomic E-state index is 0.947. The molecule has 4 rings (SSSR count). The van der Waals surface area contributed by atoms with Gasteiger partial charge in [0.1, 0.15) is 5.65 Å². The number of aromatic nitrogens is 2. The van der Waals surface area contributed by atoms with E-state index in [1.807, 2.05) is 0 Å². The molecule has 0 fully saturated rings. The number of hydrogen-bond acceptors (Lipinski definition) is 1. The van der Waals surface area contributed by atoms with Gasteiger partial charge in [-0.1, -0.05) is 22.0 Å². The van der Waals surface area contributed by atoms with Crippen LogP contribution in [0.1, 0.15) is 17.0 Å². The molecule has 0 atom stereocenters. The van der Waals surface area contributed by atoms with E-state index in [1.54, 1.807) is 0 Å². The molecule has 94 valence electrons. The average Bonchev–Trinajstić information content (AvgIpc) is 2.89. The second-order valence-electron chi connectivity index (χ2n) is 4.85. The SMILES string of the molecule is Cc1c(Br)ccc2nc3c(n12)Cc1cc(Br)ccc1-3. The molecule has 0 bridgehead atoms. The Labute approximate surface area is 127 Å². The lowest BCUT2D eigenvalue weighted by Gasteiger charge is -2.05. The Morgan fingerprint density at radius 2 is 2.00 bits per heavy atom. The van der Waals surface area contributed by atoms with E-state index in [4.69, 9.17) is 4.98 Å². The van der Waals surface area contributed by atoms with Crippen LogP contribution < -0.4 is 0 Å². The number of aryl methyl sites for hydroxylation is 1. The first-order valence-corrected chi connectivity index (χ1v) is 7.69. The van der Waals surface area contributed by atoms with Gasteiger partial charge >= 0.3 is 0 Å². The highest BCUT2D eigenvalue weighted by molar-refractivity contribution is 9.10. The standard InChI is InChI=1S/C15H10Br2N2/c1-8-12(17)4-5-14-18-15-11-3-2-10(16)6-9(11)7-13(15)19(8)14/h2-6H,7H2,1H3. The maximum atomic E-state index is 4.79. The highest BCUT2D eigenvalue weighted by Gasteiger charge is 2.25. The molecular weight excluding hydrogens is 368 g/mol. The molecule has 4 heteroatoms. The molecule has 0 N–H and O–H groups in total. The molecule has 1 aromatic carbocycles. The molecule has 1 aliphatic carbocycles. The van der Waals surface area contributed by atoms with Crippen LogP contribution in [0.2, 0.25) is 0 Å². The zero-order valence-electron chi connectivity index (χ0n) is 10.2. The lowest BCUT2D eigenvalue weighted by molar-refractivity contribution is 0.992. The fraction of sp³-hybridized carbons (Fsp3) is 0.133. The Morgan fingerprint density at radius 3 is 2.84 bits per heavy atom. The lowest BCUT2D eigenvalue weighted by Crippen LogP contribution is -1.97. The van der Waals surface area contributed by atoms with E-state index in [0.29, 0.717) is 0 Å². The van der Waals surface area contributed by atoms with Crippen LogP contribution in [0.3, 0.4) is 0 Å². The quantitative estimate of drug-likeness (QED) is 0.432. The van der Waals surface area contributed by atoms with E-state index in [-0.39, 0.29) is 0 Å². The molecule has 2 nitrogen and oxygen atoms in total. The lowest BCUT2D eigenvalue weighted by atomic mass is 10.1. The van der Waals surface area contributed by atoms with Gasteiger partial charge in [-0.2, -0.15) is 0 Å². The second-order valence-corrected chi connectivity index (χ2v) is 6.62. The summed E-state index contributed by atoms with van der Waals surface area (Å²) in [7, 11) is 0. The van der Waals surface area contributed by atoms with Crippen LogP contribution in [0.4, 0.5) is 0 Å². The summed E-state index contributed by atoms with van der Waals surface area (Å²) < 4.78 is 4.51. The smallest absolute Gasteiger partial charge is 0.137 e. The molecule has 2 heterocycles. The Hall–Kier alpha value is -1.13. The molecule has 0 amide bonds. The first-order valence-electron chi connectivity index (χ1n) is 6.10. The van der Waals surface area contributed by atoms with Crippen molar-refractivity contribution < 1.29 is 0 Å². The summed E-state index contributed by atoms with van der Waals surface area (Å²) in [6.07, 6.45) is 0.947. The fourth-order valence-electron chi connectivity index (χ4n) is 2.83. The van der Waals surface area contributed by atoms with Crippen LogP contribution >= 0.6 is 31.9 Å². The van der Waals surface area contributed by atoms with Crippen LogP contribution in [0.25, 0.3) is 16.9 Å².